The zero-order chi connectivity index (χ0) is 20.1. The van der Waals surface area contributed by atoms with E-state index < -0.39 is 0 Å². The van der Waals surface area contributed by atoms with E-state index in [0.29, 0.717) is 11.3 Å². The van der Waals surface area contributed by atoms with Gasteiger partial charge in [-0.15, -0.1) is 0 Å². The number of hydrogen-bond acceptors (Lipinski definition) is 2. The zero-order valence-electron chi connectivity index (χ0n) is 16.6. The normalized spacial score (nSPS) is 8.32. The summed E-state index contributed by atoms with van der Waals surface area (Å²) in [7, 11) is 0. The van der Waals surface area contributed by atoms with Crippen LogP contribution in [-0.2, 0) is 24.6 Å². The molecular weight excluding hydrogens is 517 g/mol. The number of nitrogens with one attached hydrogen (secondary N) is 2. The Labute approximate surface area is 172 Å². The Hall–Kier alpha value is -1.26. The molecule has 0 aliphatic carbocycles. The van der Waals surface area contributed by atoms with Gasteiger partial charge >= 0.3 is 33.4 Å². The van der Waals surface area contributed by atoms with Crippen molar-refractivity contribution in [3.05, 3.63) is 73.0 Å². The molecule has 136 valence electrons. The second kappa shape index (κ2) is 22.7. The maximum absolute atomic E-state index is 11.8. The summed E-state index contributed by atoms with van der Waals surface area (Å²) in [5, 5.41) is 5.64. The molecule has 5 heteroatoms. The van der Waals surface area contributed by atoms with Crippen LogP contribution in [0.25, 0.3) is 0 Å². The van der Waals surface area contributed by atoms with E-state index in [1.165, 1.54) is 0 Å². The van der Waals surface area contributed by atoms with E-state index in [2.05, 4.69) is 32.7 Å². The molecule has 0 bridgehead atoms. The number of amides is 1. The van der Waals surface area contributed by atoms with Gasteiger partial charge in [0.05, 0.1) is 0 Å². The fourth-order valence-electron chi connectivity index (χ4n) is 1.21. The molecule has 0 spiro atoms. The summed E-state index contributed by atoms with van der Waals surface area (Å²) in [4.78, 5) is 11.8. The van der Waals surface area contributed by atoms with Gasteiger partial charge in [-0.25, -0.2) is 0 Å². The van der Waals surface area contributed by atoms with Crippen LogP contribution in [0, 0.1) is 0 Å². The topological polar surface area (TPSA) is 41.1 Å². The third-order valence-electron chi connectivity index (χ3n) is 2.04. The Morgan fingerprint density at radius 1 is 1.04 bits per heavy atom. The second-order valence-corrected chi connectivity index (χ2v) is 9.95. The van der Waals surface area contributed by atoms with E-state index in [1.54, 1.807) is 42.5 Å². The molecule has 0 radical (unpaired) electrons. The van der Waals surface area contributed by atoms with E-state index in [0.717, 1.165) is 0 Å². The molecule has 0 heterocycles. The van der Waals surface area contributed by atoms with Crippen LogP contribution in [0.5, 0.6) is 0 Å². The summed E-state index contributed by atoms with van der Waals surface area (Å²) in [6.07, 6.45) is 4.89. The average molecular weight is 549 g/mol. The maximum atomic E-state index is 11.8. The van der Waals surface area contributed by atoms with Crippen LogP contribution in [0.3, 0.4) is 0 Å². The van der Waals surface area contributed by atoms with E-state index >= 15 is 0 Å². The van der Waals surface area contributed by atoms with Crippen LogP contribution in [0.15, 0.2) is 67.4 Å². The molecule has 0 aromatic heterocycles. The quantitative estimate of drug-likeness (QED) is 0.285. The van der Waals surface area contributed by atoms with E-state index in [9.17, 15) is 4.79 Å². The Bertz CT molecular complexity index is 514. The average Bonchev–Trinajstić information content (AvgIpc) is 2.66. The third-order valence-corrected chi connectivity index (χ3v) is 2.24. The predicted molar refractivity (Wildman–Crippen MR) is 113 cm³/mol. The molecule has 0 aliphatic rings. The molecule has 1 aromatic rings. The van der Waals surface area contributed by atoms with Crippen LogP contribution in [0.4, 0.5) is 0 Å². The first-order valence-electron chi connectivity index (χ1n) is 8.71. The number of thiocarbonyl (C=S) groups is 1. The van der Waals surface area contributed by atoms with E-state index in [1.807, 2.05) is 33.8 Å². The van der Waals surface area contributed by atoms with Gasteiger partial charge in [0.15, 0.2) is 5.11 Å². The predicted octanol–water partition coefficient (Wildman–Crippen LogP) is 5.76. The monoisotopic (exact) mass is 550 g/mol. The van der Waals surface area contributed by atoms with Gasteiger partial charge in [-0.2, -0.15) is 0 Å². The fraction of sp³-hybridized carbons (Fsp3) is 0.300. The number of allylic oxidation sites excluding steroid dienone is 3. The molecular formula is C20H32HgN2OS. The van der Waals surface area contributed by atoms with Crippen molar-refractivity contribution in [3.8, 4) is 0 Å². The standard InChI is InChI=1S/C14H14N2OS.2C2H6.2CH3.Hg/c1-3-8-12(4-2)15-14(18)16-13(17)11-9-6-5-7-10-11;2*1-2;;;/h3-10H,1-2H2,(H2,15,16,17,18);2*1-2H3;2*1H3;/b12-8+;;;;;. The molecule has 1 amide bonds. The SMILES string of the molecule is C=C/C=C(\C=C)NC(=S)NC(=O)c1ccccc1.CC.CC.[CH3][Hg][CH3]. The number of rotatable bonds is 4. The Balaban J connectivity index is -0.000000605. The molecule has 0 saturated heterocycles. The van der Waals surface area contributed by atoms with Crippen molar-refractivity contribution in [2.75, 3.05) is 0 Å². The van der Waals surface area contributed by atoms with Crippen molar-refractivity contribution in [2.45, 2.75) is 36.6 Å². The van der Waals surface area contributed by atoms with Gasteiger partial charge < -0.3 is 5.32 Å². The summed E-state index contributed by atoms with van der Waals surface area (Å²) >= 11 is 4.94. The van der Waals surface area contributed by atoms with Crippen LogP contribution in [0.2, 0.25) is 8.86 Å². The van der Waals surface area contributed by atoms with Crippen LogP contribution >= 0.6 is 12.2 Å². The summed E-state index contributed by atoms with van der Waals surface area (Å²) in [6, 6.07) is 8.85. The van der Waals surface area contributed by atoms with Crippen molar-refractivity contribution in [1.29, 1.82) is 0 Å². The molecule has 0 fully saturated rings. The fourth-order valence-corrected chi connectivity index (χ4v) is 1.43. The summed E-state index contributed by atoms with van der Waals surface area (Å²) in [5.74, 6) is -0.255. The summed E-state index contributed by atoms with van der Waals surface area (Å²) in [5.41, 5.74) is 1.22. The Kier molecular flexibility index (Phi) is 25.9. The van der Waals surface area contributed by atoms with Gasteiger partial charge in [-0.05, 0) is 36.5 Å². The van der Waals surface area contributed by atoms with Gasteiger partial charge in [-0.1, -0.05) is 65.1 Å². The molecule has 2 N–H and O–H groups in total. The first kappa shape index (κ1) is 28.5. The minimum atomic E-state index is -0.255. The molecule has 1 aromatic carbocycles. The van der Waals surface area contributed by atoms with Gasteiger partial charge in [0, 0.05) is 11.3 Å². The summed E-state index contributed by atoms with van der Waals surface area (Å²) in [6.45, 7) is 15.2. The molecule has 0 unspecified atom stereocenters. The third kappa shape index (κ3) is 17.4. The van der Waals surface area contributed by atoms with Gasteiger partial charge in [0.2, 0.25) is 0 Å². The number of carbonyl (C=O) groups is 1. The number of carbonyl (C=O) groups excluding carboxylic acids is 1. The molecule has 25 heavy (non-hydrogen) atoms. The number of benzene rings is 1. The molecule has 0 atom stereocenters. The summed E-state index contributed by atoms with van der Waals surface area (Å²) < 4.78 is 4.69. The molecule has 3 nitrogen and oxygen atoms in total. The first-order valence-corrected chi connectivity index (χ1v) is 20.1. The van der Waals surface area contributed by atoms with Crippen molar-refractivity contribution in [1.82, 2.24) is 10.6 Å². The van der Waals surface area contributed by atoms with Crippen molar-refractivity contribution in [2.24, 2.45) is 0 Å². The van der Waals surface area contributed by atoms with Crippen molar-refractivity contribution < 1.29 is 29.4 Å². The van der Waals surface area contributed by atoms with Gasteiger partial charge in [0.25, 0.3) is 5.91 Å². The molecule has 1 rings (SSSR count). The first-order chi connectivity index (χ1) is 12.1. The van der Waals surface area contributed by atoms with Crippen molar-refractivity contribution in [3.63, 3.8) is 0 Å². The minimum absolute atomic E-state index is 0.0833. The van der Waals surface area contributed by atoms with Crippen molar-refractivity contribution >= 4 is 23.2 Å². The van der Waals surface area contributed by atoms with Gasteiger partial charge in [0.1, 0.15) is 0 Å². The van der Waals surface area contributed by atoms with Crippen LogP contribution in [0.1, 0.15) is 38.1 Å². The van der Waals surface area contributed by atoms with E-state index in [4.69, 9.17) is 12.2 Å². The van der Waals surface area contributed by atoms with E-state index in [-0.39, 0.29) is 35.6 Å². The zero-order valence-corrected chi connectivity index (χ0v) is 22.9. The van der Waals surface area contributed by atoms with Crippen LogP contribution < -0.4 is 10.6 Å². The number of hydrogen-bond donors (Lipinski definition) is 2. The Morgan fingerprint density at radius 3 is 1.92 bits per heavy atom. The Morgan fingerprint density at radius 2 is 1.52 bits per heavy atom. The van der Waals surface area contributed by atoms with Crippen LogP contribution in [-0.4, -0.2) is 11.0 Å². The molecule has 0 saturated carbocycles. The van der Waals surface area contributed by atoms with Gasteiger partial charge in [-0.3, -0.25) is 10.1 Å². The molecule has 0 aliphatic heterocycles. The second-order valence-electron chi connectivity index (χ2n) is 4.04.